The lowest BCUT2D eigenvalue weighted by Crippen LogP contribution is -2.32. The van der Waals surface area contributed by atoms with Crippen molar-refractivity contribution in [2.75, 3.05) is 13.7 Å². The number of carbonyl (C=O) groups is 3. The number of methoxy groups -OCH3 is 1. The number of hydrogen-bond donors (Lipinski definition) is 2. The minimum absolute atomic E-state index is 0.132. The molecule has 3 rings (SSSR count). The van der Waals surface area contributed by atoms with Crippen LogP contribution < -0.4 is 4.74 Å². The van der Waals surface area contributed by atoms with Crippen LogP contribution in [0.4, 0.5) is 0 Å². The van der Waals surface area contributed by atoms with Gasteiger partial charge in [0.1, 0.15) is 11.5 Å². The molecule has 7 nitrogen and oxygen atoms in total. The highest BCUT2D eigenvalue weighted by Crippen LogP contribution is 2.42. The van der Waals surface area contributed by atoms with E-state index in [0.717, 1.165) is 4.90 Å². The average Bonchev–Trinajstić information content (AvgIpc) is 2.96. The van der Waals surface area contributed by atoms with Crippen molar-refractivity contribution in [3.05, 3.63) is 70.3 Å². The first kappa shape index (κ1) is 20.4. The summed E-state index contributed by atoms with van der Waals surface area (Å²) >= 11 is 5.89. The second-order valence-corrected chi connectivity index (χ2v) is 6.82. The second kappa shape index (κ2) is 8.36. The summed E-state index contributed by atoms with van der Waals surface area (Å²) in [5.41, 5.74) is 0.646. The molecule has 1 aliphatic rings. The fourth-order valence-corrected chi connectivity index (χ4v) is 3.43. The van der Waals surface area contributed by atoms with E-state index >= 15 is 0 Å². The van der Waals surface area contributed by atoms with Gasteiger partial charge in [-0.05, 0) is 30.3 Å². The highest BCUT2D eigenvalue weighted by molar-refractivity contribution is 6.46. The zero-order chi connectivity index (χ0) is 21.1. The van der Waals surface area contributed by atoms with Gasteiger partial charge >= 0.3 is 5.97 Å². The largest absolute Gasteiger partial charge is 0.507 e. The predicted octanol–water partition coefficient (Wildman–Crippen LogP) is 3.25. The molecule has 8 heteroatoms. The SMILES string of the molecule is COc1ccccc1[C@@H]1/C(=C(\O)c2ccc(Cl)cc2)C(=O)C(=O)N1CCC(=O)O. The van der Waals surface area contributed by atoms with E-state index in [9.17, 15) is 19.5 Å². The van der Waals surface area contributed by atoms with Crippen LogP contribution in [0, 0.1) is 0 Å². The lowest BCUT2D eigenvalue weighted by atomic mass is 9.94. The summed E-state index contributed by atoms with van der Waals surface area (Å²) in [7, 11) is 1.45. The summed E-state index contributed by atoms with van der Waals surface area (Å²) in [5, 5.41) is 20.4. The quantitative estimate of drug-likeness (QED) is 0.426. The number of Topliss-reactive ketones (excluding diaryl/α,β-unsaturated/α-hetero) is 1. The van der Waals surface area contributed by atoms with Gasteiger partial charge in [-0.25, -0.2) is 0 Å². The van der Waals surface area contributed by atoms with Crippen molar-refractivity contribution in [3.8, 4) is 5.75 Å². The molecular weight excluding hydrogens is 398 g/mol. The van der Waals surface area contributed by atoms with Crippen molar-refractivity contribution in [1.82, 2.24) is 4.90 Å². The van der Waals surface area contributed by atoms with Crippen LogP contribution >= 0.6 is 11.6 Å². The Morgan fingerprint density at radius 3 is 2.38 bits per heavy atom. The standard InChI is InChI=1S/C21H18ClNO6/c1-29-15-5-3-2-4-14(15)18-17(19(26)12-6-8-13(22)9-7-12)20(27)21(28)23(18)11-10-16(24)25/h2-9,18,26H,10-11H2,1H3,(H,24,25)/b19-17+/t18-/m1/s1. The minimum atomic E-state index is -1.11. The molecule has 0 bridgehead atoms. The molecule has 0 spiro atoms. The Balaban J connectivity index is 2.20. The Bertz CT molecular complexity index is 998. The van der Waals surface area contributed by atoms with E-state index in [4.69, 9.17) is 21.4 Å². The van der Waals surface area contributed by atoms with Crippen LogP contribution in [0.5, 0.6) is 5.75 Å². The van der Waals surface area contributed by atoms with Gasteiger partial charge in [0.25, 0.3) is 11.7 Å². The topological polar surface area (TPSA) is 104 Å². The Morgan fingerprint density at radius 2 is 1.76 bits per heavy atom. The van der Waals surface area contributed by atoms with Crippen LogP contribution in [-0.2, 0) is 14.4 Å². The fraction of sp³-hybridized carbons (Fsp3) is 0.190. The molecule has 150 valence electrons. The maximum Gasteiger partial charge on any atom is 0.305 e. The third-order valence-electron chi connectivity index (χ3n) is 4.66. The predicted molar refractivity (Wildman–Crippen MR) is 106 cm³/mol. The number of halogens is 1. The molecular formula is C21H18ClNO6. The van der Waals surface area contributed by atoms with Gasteiger partial charge in [0, 0.05) is 22.7 Å². The minimum Gasteiger partial charge on any atom is -0.507 e. The maximum atomic E-state index is 12.8. The summed E-state index contributed by atoms with van der Waals surface area (Å²) in [4.78, 5) is 37.7. The molecule has 1 fully saturated rings. The number of nitrogens with zero attached hydrogens (tertiary/aromatic N) is 1. The number of carboxylic acids is 1. The van der Waals surface area contributed by atoms with Crippen molar-refractivity contribution >= 4 is 35.0 Å². The summed E-state index contributed by atoms with van der Waals surface area (Å²) in [6, 6.07) is 11.9. The third-order valence-corrected chi connectivity index (χ3v) is 4.91. The van der Waals surface area contributed by atoms with Crippen molar-refractivity contribution in [1.29, 1.82) is 0 Å². The van der Waals surface area contributed by atoms with E-state index in [-0.39, 0.29) is 24.3 Å². The summed E-state index contributed by atoms with van der Waals surface area (Å²) in [6.07, 6.45) is -0.348. The molecule has 0 aliphatic carbocycles. The van der Waals surface area contributed by atoms with Crippen molar-refractivity contribution in [2.24, 2.45) is 0 Å². The molecule has 2 N–H and O–H groups in total. The van der Waals surface area contributed by atoms with E-state index in [0.29, 0.717) is 21.9 Å². The molecule has 1 amide bonds. The number of hydrogen-bond acceptors (Lipinski definition) is 5. The number of ether oxygens (including phenoxy) is 1. The fourth-order valence-electron chi connectivity index (χ4n) is 3.31. The Labute approximate surface area is 171 Å². The molecule has 2 aromatic rings. The number of carboxylic acid groups (broad SMARTS) is 1. The number of likely N-dealkylation sites (tertiary alicyclic amines) is 1. The highest BCUT2D eigenvalue weighted by atomic mass is 35.5. The smallest absolute Gasteiger partial charge is 0.305 e. The van der Waals surface area contributed by atoms with E-state index in [2.05, 4.69) is 0 Å². The first-order chi connectivity index (χ1) is 13.8. The van der Waals surface area contributed by atoms with Crippen LogP contribution in [0.2, 0.25) is 5.02 Å². The Morgan fingerprint density at radius 1 is 1.10 bits per heavy atom. The zero-order valence-corrected chi connectivity index (χ0v) is 16.2. The Kier molecular flexibility index (Phi) is 5.89. The summed E-state index contributed by atoms with van der Waals surface area (Å²) < 4.78 is 5.36. The molecule has 2 aromatic carbocycles. The normalized spacial score (nSPS) is 18.1. The second-order valence-electron chi connectivity index (χ2n) is 6.39. The number of amides is 1. The van der Waals surface area contributed by atoms with Gasteiger partial charge in [0.05, 0.1) is 25.1 Å². The van der Waals surface area contributed by atoms with Gasteiger partial charge in [-0.15, -0.1) is 0 Å². The zero-order valence-electron chi connectivity index (χ0n) is 15.5. The van der Waals surface area contributed by atoms with E-state index in [1.54, 1.807) is 36.4 Å². The molecule has 1 atom stereocenters. The van der Waals surface area contributed by atoms with Gasteiger partial charge in [-0.1, -0.05) is 29.8 Å². The summed E-state index contributed by atoms with van der Waals surface area (Å²) in [5.74, 6) is -2.84. The molecule has 1 saturated heterocycles. The Hall–Kier alpha value is -3.32. The van der Waals surface area contributed by atoms with Gasteiger partial charge in [0.2, 0.25) is 0 Å². The number of aliphatic hydroxyl groups is 1. The molecule has 1 aliphatic heterocycles. The number of ketones is 1. The highest BCUT2D eigenvalue weighted by Gasteiger charge is 2.47. The van der Waals surface area contributed by atoms with Crippen molar-refractivity contribution < 1.29 is 29.3 Å². The van der Waals surface area contributed by atoms with Gasteiger partial charge in [-0.3, -0.25) is 14.4 Å². The first-order valence-corrected chi connectivity index (χ1v) is 9.12. The number of carbonyl (C=O) groups excluding carboxylic acids is 2. The molecule has 0 aromatic heterocycles. The monoisotopic (exact) mass is 415 g/mol. The third kappa shape index (κ3) is 3.95. The average molecular weight is 416 g/mol. The molecule has 0 unspecified atom stereocenters. The lowest BCUT2D eigenvalue weighted by molar-refractivity contribution is -0.142. The molecule has 1 heterocycles. The maximum absolute atomic E-state index is 12.8. The molecule has 0 radical (unpaired) electrons. The van der Waals surface area contributed by atoms with Gasteiger partial charge in [0.15, 0.2) is 0 Å². The van der Waals surface area contributed by atoms with Crippen molar-refractivity contribution in [3.63, 3.8) is 0 Å². The van der Waals surface area contributed by atoms with Crippen LogP contribution in [0.1, 0.15) is 23.6 Å². The van der Waals surface area contributed by atoms with Gasteiger partial charge < -0.3 is 19.8 Å². The van der Waals surface area contributed by atoms with E-state index < -0.39 is 23.7 Å². The number of aliphatic hydroxyl groups excluding tert-OH is 1. The summed E-state index contributed by atoms with van der Waals surface area (Å²) in [6.45, 7) is -0.194. The van der Waals surface area contributed by atoms with Crippen LogP contribution in [-0.4, -0.2) is 46.4 Å². The van der Waals surface area contributed by atoms with E-state index in [1.165, 1.54) is 19.2 Å². The lowest BCUT2D eigenvalue weighted by Gasteiger charge is -2.26. The number of aliphatic carboxylic acids is 1. The van der Waals surface area contributed by atoms with Crippen LogP contribution in [0.15, 0.2) is 54.1 Å². The number of benzene rings is 2. The first-order valence-electron chi connectivity index (χ1n) is 8.74. The molecule has 29 heavy (non-hydrogen) atoms. The van der Waals surface area contributed by atoms with Crippen LogP contribution in [0.3, 0.4) is 0 Å². The van der Waals surface area contributed by atoms with Crippen LogP contribution in [0.25, 0.3) is 5.76 Å². The van der Waals surface area contributed by atoms with Crippen molar-refractivity contribution in [2.45, 2.75) is 12.5 Å². The molecule has 0 saturated carbocycles. The number of para-hydroxylation sites is 1. The van der Waals surface area contributed by atoms with E-state index in [1.807, 2.05) is 0 Å². The number of rotatable bonds is 6. The van der Waals surface area contributed by atoms with Gasteiger partial charge in [-0.2, -0.15) is 0 Å².